The number of rotatable bonds is 2. The fourth-order valence-corrected chi connectivity index (χ4v) is 4.54. The fourth-order valence-electron chi connectivity index (χ4n) is 3.56. The SMILES string of the molecule is Cc1nc(N2CCC3C(CCCN3C)C2)sc1CN. The second-order valence-corrected chi connectivity index (χ2v) is 6.96. The lowest BCUT2D eigenvalue weighted by Crippen LogP contribution is -2.52. The Hall–Kier alpha value is -0.650. The number of aromatic nitrogens is 1. The Morgan fingerprint density at radius 3 is 2.95 bits per heavy atom. The van der Waals surface area contributed by atoms with Gasteiger partial charge >= 0.3 is 0 Å². The van der Waals surface area contributed by atoms with Crippen molar-refractivity contribution >= 4 is 16.5 Å². The van der Waals surface area contributed by atoms with Crippen LogP contribution in [0.5, 0.6) is 0 Å². The van der Waals surface area contributed by atoms with E-state index in [9.17, 15) is 0 Å². The third-order valence-electron chi connectivity index (χ3n) is 4.68. The van der Waals surface area contributed by atoms with Crippen molar-refractivity contribution in [1.29, 1.82) is 0 Å². The van der Waals surface area contributed by atoms with Gasteiger partial charge in [0.15, 0.2) is 5.13 Å². The zero-order chi connectivity index (χ0) is 13.4. The summed E-state index contributed by atoms with van der Waals surface area (Å²) in [5.41, 5.74) is 6.88. The van der Waals surface area contributed by atoms with Gasteiger partial charge in [-0.3, -0.25) is 0 Å². The molecule has 5 heteroatoms. The molecule has 0 amide bonds. The van der Waals surface area contributed by atoms with E-state index >= 15 is 0 Å². The van der Waals surface area contributed by atoms with Crippen molar-refractivity contribution in [1.82, 2.24) is 9.88 Å². The van der Waals surface area contributed by atoms with Gasteiger partial charge in [-0.2, -0.15) is 0 Å². The molecular weight excluding hydrogens is 256 g/mol. The normalized spacial score (nSPS) is 28.5. The van der Waals surface area contributed by atoms with E-state index in [0.29, 0.717) is 6.54 Å². The first-order valence-corrected chi connectivity index (χ1v) is 8.12. The molecule has 1 aromatic heterocycles. The summed E-state index contributed by atoms with van der Waals surface area (Å²) in [6.07, 6.45) is 3.99. The average molecular weight is 280 g/mol. The van der Waals surface area contributed by atoms with E-state index in [0.717, 1.165) is 24.2 Å². The summed E-state index contributed by atoms with van der Waals surface area (Å²) >= 11 is 1.78. The van der Waals surface area contributed by atoms with Gasteiger partial charge in [-0.05, 0) is 45.7 Å². The number of thiazole rings is 1. The average Bonchev–Trinajstić information content (AvgIpc) is 2.80. The van der Waals surface area contributed by atoms with E-state index in [1.165, 1.54) is 42.4 Å². The van der Waals surface area contributed by atoms with Gasteiger partial charge in [0.25, 0.3) is 0 Å². The molecule has 0 spiro atoms. The van der Waals surface area contributed by atoms with Gasteiger partial charge in [0.05, 0.1) is 5.69 Å². The second-order valence-electron chi connectivity index (χ2n) is 5.89. The van der Waals surface area contributed by atoms with Gasteiger partial charge in [-0.1, -0.05) is 0 Å². The van der Waals surface area contributed by atoms with Crippen LogP contribution >= 0.6 is 11.3 Å². The van der Waals surface area contributed by atoms with E-state index in [1.807, 2.05) is 0 Å². The maximum absolute atomic E-state index is 5.76. The number of nitrogens with zero attached hydrogens (tertiary/aromatic N) is 3. The third-order valence-corrected chi connectivity index (χ3v) is 5.92. The Kier molecular flexibility index (Phi) is 3.78. The molecule has 1 aromatic rings. The first kappa shape index (κ1) is 13.3. The first-order valence-electron chi connectivity index (χ1n) is 7.30. The predicted molar refractivity (Wildman–Crippen MR) is 80.7 cm³/mol. The maximum atomic E-state index is 5.76. The molecule has 0 bridgehead atoms. The molecule has 2 fully saturated rings. The minimum Gasteiger partial charge on any atom is -0.348 e. The Balaban J connectivity index is 1.73. The Morgan fingerprint density at radius 1 is 1.37 bits per heavy atom. The molecule has 3 rings (SSSR count). The summed E-state index contributed by atoms with van der Waals surface area (Å²) < 4.78 is 0. The van der Waals surface area contributed by atoms with Crippen molar-refractivity contribution < 1.29 is 0 Å². The largest absolute Gasteiger partial charge is 0.348 e. The van der Waals surface area contributed by atoms with Crippen molar-refractivity contribution in [3.05, 3.63) is 10.6 Å². The summed E-state index contributed by atoms with van der Waals surface area (Å²) in [5, 5.41) is 1.18. The van der Waals surface area contributed by atoms with Crippen molar-refractivity contribution in [2.45, 2.75) is 38.8 Å². The minimum absolute atomic E-state index is 0.617. The number of anilines is 1. The summed E-state index contributed by atoms with van der Waals surface area (Å²) in [7, 11) is 2.28. The number of likely N-dealkylation sites (tertiary alicyclic amines) is 1. The van der Waals surface area contributed by atoms with Crippen LogP contribution in [0.3, 0.4) is 0 Å². The number of aryl methyl sites for hydroxylation is 1. The van der Waals surface area contributed by atoms with Crippen LogP contribution in [0.4, 0.5) is 5.13 Å². The molecule has 0 radical (unpaired) electrons. The molecule has 0 saturated carbocycles. The van der Waals surface area contributed by atoms with Crippen LogP contribution < -0.4 is 10.6 Å². The van der Waals surface area contributed by atoms with Gasteiger partial charge < -0.3 is 15.5 Å². The molecular formula is C14H24N4S. The summed E-state index contributed by atoms with van der Waals surface area (Å²) in [5.74, 6) is 0.818. The van der Waals surface area contributed by atoms with Crippen molar-refractivity contribution in [3.8, 4) is 0 Å². The monoisotopic (exact) mass is 280 g/mol. The fraction of sp³-hybridized carbons (Fsp3) is 0.786. The quantitative estimate of drug-likeness (QED) is 0.898. The standard InChI is InChI=1S/C14H24N4S/c1-10-13(8-15)19-14(16-10)18-7-5-12-11(9-18)4-3-6-17(12)2/h11-12H,3-9,15H2,1-2H3. The highest BCUT2D eigenvalue weighted by Crippen LogP contribution is 2.34. The molecule has 3 heterocycles. The van der Waals surface area contributed by atoms with E-state index in [1.54, 1.807) is 11.3 Å². The topological polar surface area (TPSA) is 45.4 Å². The molecule has 19 heavy (non-hydrogen) atoms. The number of piperidine rings is 2. The molecule has 0 aliphatic carbocycles. The van der Waals surface area contributed by atoms with Crippen LogP contribution in [0, 0.1) is 12.8 Å². The number of fused-ring (bicyclic) bond motifs is 1. The lowest BCUT2D eigenvalue weighted by Gasteiger charge is -2.45. The highest BCUT2D eigenvalue weighted by molar-refractivity contribution is 7.15. The number of hydrogen-bond acceptors (Lipinski definition) is 5. The van der Waals surface area contributed by atoms with Crippen LogP contribution in [0.15, 0.2) is 0 Å². The van der Waals surface area contributed by atoms with Gasteiger partial charge in [-0.25, -0.2) is 4.98 Å². The van der Waals surface area contributed by atoms with Crippen LogP contribution in [-0.4, -0.2) is 42.6 Å². The van der Waals surface area contributed by atoms with Crippen molar-refractivity contribution in [3.63, 3.8) is 0 Å². The minimum atomic E-state index is 0.617. The highest BCUT2D eigenvalue weighted by atomic mass is 32.1. The Morgan fingerprint density at radius 2 is 2.21 bits per heavy atom. The van der Waals surface area contributed by atoms with E-state index in [2.05, 4.69) is 23.8 Å². The summed E-state index contributed by atoms with van der Waals surface area (Å²) in [6, 6.07) is 0.792. The van der Waals surface area contributed by atoms with Crippen LogP contribution in [0.1, 0.15) is 29.8 Å². The zero-order valence-corrected chi connectivity index (χ0v) is 12.7. The smallest absolute Gasteiger partial charge is 0.185 e. The Labute approximate surface area is 119 Å². The maximum Gasteiger partial charge on any atom is 0.185 e. The van der Waals surface area contributed by atoms with E-state index in [-0.39, 0.29) is 0 Å². The Bertz CT molecular complexity index is 445. The predicted octanol–water partition coefficient (Wildman–Crippen LogP) is 1.83. The molecule has 4 nitrogen and oxygen atoms in total. The van der Waals surface area contributed by atoms with Crippen molar-refractivity contribution in [2.75, 3.05) is 31.6 Å². The van der Waals surface area contributed by atoms with Gasteiger partial charge in [-0.15, -0.1) is 11.3 Å². The molecule has 2 aliphatic heterocycles. The van der Waals surface area contributed by atoms with E-state index < -0.39 is 0 Å². The number of nitrogens with two attached hydrogens (primary N) is 1. The van der Waals surface area contributed by atoms with Gasteiger partial charge in [0.1, 0.15) is 0 Å². The van der Waals surface area contributed by atoms with E-state index in [4.69, 9.17) is 10.7 Å². The molecule has 106 valence electrons. The molecule has 0 aromatic carbocycles. The highest BCUT2D eigenvalue weighted by Gasteiger charge is 2.35. The van der Waals surface area contributed by atoms with Gasteiger partial charge in [0, 0.05) is 30.6 Å². The lowest BCUT2D eigenvalue weighted by atomic mass is 9.84. The van der Waals surface area contributed by atoms with Gasteiger partial charge in [0.2, 0.25) is 0 Å². The second kappa shape index (κ2) is 5.38. The lowest BCUT2D eigenvalue weighted by molar-refractivity contribution is 0.102. The van der Waals surface area contributed by atoms with Crippen molar-refractivity contribution in [2.24, 2.45) is 11.7 Å². The molecule has 2 N–H and O–H groups in total. The summed E-state index contributed by atoms with van der Waals surface area (Å²) in [6.45, 7) is 6.28. The molecule has 2 atom stereocenters. The third kappa shape index (κ3) is 2.51. The van der Waals surface area contributed by atoms with Crippen LogP contribution in [0.25, 0.3) is 0 Å². The summed E-state index contributed by atoms with van der Waals surface area (Å²) in [4.78, 5) is 11.0. The molecule has 2 aliphatic rings. The zero-order valence-electron chi connectivity index (χ0n) is 11.9. The first-order chi connectivity index (χ1) is 9.19. The molecule has 2 saturated heterocycles. The van der Waals surface area contributed by atoms with Crippen LogP contribution in [-0.2, 0) is 6.54 Å². The number of hydrogen-bond donors (Lipinski definition) is 1. The van der Waals surface area contributed by atoms with Crippen LogP contribution in [0.2, 0.25) is 0 Å². The molecule has 2 unspecified atom stereocenters.